The molecule has 0 saturated heterocycles. The van der Waals surface area contributed by atoms with Crippen molar-refractivity contribution in [2.75, 3.05) is 7.11 Å². The van der Waals surface area contributed by atoms with Crippen LogP contribution in [0.5, 0.6) is 5.75 Å². The molecule has 0 bridgehead atoms. The van der Waals surface area contributed by atoms with Gasteiger partial charge in [0.2, 0.25) is 10.0 Å². The van der Waals surface area contributed by atoms with E-state index >= 15 is 0 Å². The minimum Gasteiger partial charge on any atom is -0.495 e. The fraction of sp³-hybridized carbons (Fsp3) is 0.462. The Hall–Kier alpha value is -1.60. The third kappa shape index (κ3) is 2.94. The molecular formula is C13H18N2O4S. The molecule has 1 unspecified atom stereocenters. The van der Waals surface area contributed by atoms with Crippen molar-refractivity contribution in [1.82, 2.24) is 5.32 Å². The predicted octanol–water partition coefficient (Wildman–Crippen LogP) is 0.871. The molecule has 1 amide bonds. The number of rotatable bonds is 4. The van der Waals surface area contributed by atoms with Crippen LogP contribution in [0.2, 0.25) is 0 Å². The topological polar surface area (TPSA) is 98.5 Å². The standard InChI is InChI=1S/C13H18N2O4S/c1-13(2)7-11(13)15-12(16)8-4-5-9(19-3)10(6-8)20(14,17)18/h4-6,11H,7H2,1-3H3,(H,15,16)(H2,14,17,18). The van der Waals surface area contributed by atoms with Crippen LogP contribution in [0.25, 0.3) is 0 Å². The summed E-state index contributed by atoms with van der Waals surface area (Å²) in [7, 11) is -2.60. The Kier molecular flexibility index (Phi) is 3.51. The van der Waals surface area contributed by atoms with Crippen LogP contribution in [0, 0.1) is 5.41 Å². The van der Waals surface area contributed by atoms with E-state index in [2.05, 4.69) is 19.2 Å². The smallest absolute Gasteiger partial charge is 0.251 e. The number of nitrogens with one attached hydrogen (secondary N) is 1. The normalized spacial score (nSPS) is 20.3. The number of primary sulfonamides is 1. The van der Waals surface area contributed by atoms with Crippen LogP contribution in [0.15, 0.2) is 23.1 Å². The quantitative estimate of drug-likeness (QED) is 0.861. The molecule has 1 aromatic carbocycles. The molecule has 1 aromatic rings. The maximum Gasteiger partial charge on any atom is 0.251 e. The Morgan fingerprint density at radius 2 is 2.05 bits per heavy atom. The number of hydrogen-bond acceptors (Lipinski definition) is 4. The van der Waals surface area contributed by atoms with Crippen LogP contribution < -0.4 is 15.2 Å². The molecule has 0 radical (unpaired) electrons. The molecule has 1 fully saturated rings. The van der Waals surface area contributed by atoms with Gasteiger partial charge in [-0.25, -0.2) is 13.6 Å². The van der Waals surface area contributed by atoms with Crippen LogP contribution in [0.4, 0.5) is 0 Å². The van der Waals surface area contributed by atoms with E-state index < -0.39 is 10.0 Å². The number of nitrogens with two attached hydrogens (primary N) is 1. The van der Waals surface area contributed by atoms with Crippen LogP contribution in [-0.2, 0) is 10.0 Å². The van der Waals surface area contributed by atoms with Gasteiger partial charge in [-0.3, -0.25) is 4.79 Å². The van der Waals surface area contributed by atoms with Gasteiger partial charge in [-0.1, -0.05) is 13.8 Å². The first kappa shape index (κ1) is 14.8. The van der Waals surface area contributed by atoms with Crippen LogP contribution >= 0.6 is 0 Å². The van der Waals surface area contributed by atoms with Crippen molar-refractivity contribution in [3.05, 3.63) is 23.8 Å². The highest BCUT2D eigenvalue weighted by atomic mass is 32.2. The Bertz CT molecular complexity index is 652. The van der Waals surface area contributed by atoms with Crippen molar-refractivity contribution in [3.8, 4) is 5.75 Å². The van der Waals surface area contributed by atoms with Gasteiger partial charge in [-0.05, 0) is 30.0 Å². The molecule has 0 aliphatic heterocycles. The second kappa shape index (κ2) is 4.75. The summed E-state index contributed by atoms with van der Waals surface area (Å²) in [5.41, 5.74) is 0.350. The summed E-state index contributed by atoms with van der Waals surface area (Å²) in [6.45, 7) is 4.11. The highest BCUT2D eigenvalue weighted by molar-refractivity contribution is 7.89. The van der Waals surface area contributed by atoms with Crippen molar-refractivity contribution >= 4 is 15.9 Å². The van der Waals surface area contributed by atoms with Gasteiger partial charge in [0.05, 0.1) is 7.11 Å². The highest BCUT2D eigenvalue weighted by Gasteiger charge is 2.46. The SMILES string of the molecule is COc1ccc(C(=O)NC2CC2(C)C)cc1S(N)(=O)=O. The Morgan fingerprint density at radius 3 is 2.50 bits per heavy atom. The lowest BCUT2D eigenvalue weighted by Gasteiger charge is -2.10. The molecule has 0 aromatic heterocycles. The van der Waals surface area contributed by atoms with Gasteiger partial charge in [0.1, 0.15) is 10.6 Å². The summed E-state index contributed by atoms with van der Waals surface area (Å²) in [5.74, 6) is -0.191. The summed E-state index contributed by atoms with van der Waals surface area (Å²) < 4.78 is 27.9. The average molecular weight is 298 g/mol. The lowest BCUT2D eigenvalue weighted by atomic mass is 10.1. The number of carbonyl (C=O) groups excluding carboxylic acids is 1. The average Bonchev–Trinajstić information content (AvgIpc) is 2.94. The number of benzene rings is 1. The number of methoxy groups -OCH3 is 1. The number of sulfonamides is 1. The van der Waals surface area contributed by atoms with Gasteiger partial charge in [0.25, 0.3) is 5.91 Å². The van der Waals surface area contributed by atoms with E-state index in [9.17, 15) is 13.2 Å². The Balaban J connectivity index is 2.27. The van der Waals surface area contributed by atoms with E-state index in [0.29, 0.717) is 0 Å². The van der Waals surface area contributed by atoms with E-state index in [4.69, 9.17) is 9.88 Å². The van der Waals surface area contributed by atoms with Gasteiger partial charge in [-0.2, -0.15) is 0 Å². The van der Waals surface area contributed by atoms with Crippen molar-refractivity contribution in [2.24, 2.45) is 10.6 Å². The molecular weight excluding hydrogens is 280 g/mol. The molecule has 110 valence electrons. The molecule has 20 heavy (non-hydrogen) atoms. The Labute approximate surface area is 118 Å². The van der Waals surface area contributed by atoms with Crippen LogP contribution in [0.1, 0.15) is 30.6 Å². The van der Waals surface area contributed by atoms with Gasteiger partial charge in [-0.15, -0.1) is 0 Å². The molecule has 0 spiro atoms. The van der Waals surface area contributed by atoms with E-state index in [1.807, 2.05) is 0 Å². The molecule has 1 saturated carbocycles. The zero-order valence-corrected chi connectivity index (χ0v) is 12.5. The van der Waals surface area contributed by atoms with Crippen molar-refractivity contribution in [2.45, 2.75) is 31.2 Å². The molecule has 6 nitrogen and oxygen atoms in total. The Morgan fingerprint density at radius 1 is 1.45 bits per heavy atom. The minimum absolute atomic E-state index is 0.102. The van der Waals surface area contributed by atoms with E-state index in [1.54, 1.807) is 0 Å². The number of ether oxygens (including phenoxy) is 1. The predicted molar refractivity (Wildman–Crippen MR) is 74.0 cm³/mol. The number of amides is 1. The molecule has 3 N–H and O–H groups in total. The lowest BCUT2D eigenvalue weighted by molar-refractivity contribution is 0.0946. The second-order valence-electron chi connectivity index (χ2n) is 5.63. The third-order valence-corrected chi connectivity index (χ3v) is 4.48. The van der Waals surface area contributed by atoms with Crippen molar-refractivity contribution in [1.29, 1.82) is 0 Å². The van der Waals surface area contributed by atoms with E-state index in [-0.39, 0.29) is 33.6 Å². The summed E-state index contributed by atoms with van der Waals surface area (Å²) in [5, 5.41) is 7.98. The van der Waals surface area contributed by atoms with Crippen LogP contribution in [0.3, 0.4) is 0 Å². The third-order valence-electron chi connectivity index (χ3n) is 3.55. The maximum atomic E-state index is 12.1. The number of carbonyl (C=O) groups is 1. The summed E-state index contributed by atoms with van der Waals surface area (Å²) in [6, 6.07) is 4.29. The van der Waals surface area contributed by atoms with Gasteiger partial charge in [0.15, 0.2) is 0 Å². The zero-order chi connectivity index (χ0) is 15.1. The monoisotopic (exact) mass is 298 g/mol. The van der Waals surface area contributed by atoms with Gasteiger partial charge < -0.3 is 10.1 Å². The van der Waals surface area contributed by atoms with Crippen molar-refractivity contribution < 1.29 is 17.9 Å². The molecule has 1 atom stereocenters. The highest BCUT2D eigenvalue weighted by Crippen LogP contribution is 2.44. The molecule has 0 heterocycles. The first-order valence-corrected chi connectivity index (χ1v) is 7.71. The molecule has 1 aliphatic carbocycles. The van der Waals surface area contributed by atoms with E-state index in [1.165, 1.54) is 25.3 Å². The first-order chi connectivity index (χ1) is 9.15. The van der Waals surface area contributed by atoms with E-state index in [0.717, 1.165) is 6.42 Å². The largest absolute Gasteiger partial charge is 0.495 e. The summed E-state index contributed by atoms with van der Waals surface area (Å²) >= 11 is 0. The lowest BCUT2D eigenvalue weighted by Crippen LogP contribution is -2.28. The molecule has 2 rings (SSSR count). The minimum atomic E-state index is -3.94. The zero-order valence-electron chi connectivity index (χ0n) is 11.6. The molecule has 1 aliphatic rings. The molecule has 7 heteroatoms. The maximum absolute atomic E-state index is 12.1. The van der Waals surface area contributed by atoms with Gasteiger partial charge >= 0.3 is 0 Å². The van der Waals surface area contributed by atoms with Crippen molar-refractivity contribution in [3.63, 3.8) is 0 Å². The fourth-order valence-corrected chi connectivity index (χ4v) is 2.72. The summed E-state index contributed by atoms with van der Waals surface area (Å²) in [4.78, 5) is 11.9. The first-order valence-electron chi connectivity index (χ1n) is 6.17. The fourth-order valence-electron chi connectivity index (χ4n) is 2.00. The number of hydrogen-bond donors (Lipinski definition) is 2. The second-order valence-corrected chi connectivity index (χ2v) is 7.16. The van der Waals surface area contributed by atoms with Gasteiger partial charge in [0, 0.05) is 11.6 Å². The summed E-state index contributed by atoms with van der Waals surface area (Å²) in [6.07, 6.45) is 0.914. The van der Waals surface area contributed by atoms with Crippen LogP contribution in [-0.4, -0.2) is 27.5 Å².